The molecule has 0 radical (unpaired) electrons. The summed E-state index contributed by atoms with van der Waals surface area (Å²) in [5.41, 5.74) is 1.71. The highest BCUT2D eigenvalue weighted by atomic mass is 19.1. The van der Waals surface area contributed by atoms with Crippen molar-refractivity contribution < 1.29 is 13.9 Å². The van der Waals surface area contributed by atoms with Crippen LogP contribution in [0.4, 0.5) is 4.39 Å². The largest absolute Gasteiger partial charge is 0.497 e. The third-order valence-electron chi connectivity index (χ3n) is 4.82. The average molecular weight is 417 g/mol. The van der Waals surface area contributed by atoms with Crippen molar-refractivity contribution in [3.8, 4) is 5.75 Å². The zero-order valence-corrected chi connectivity index (χ0v) is 17.2. The van der Waals surface area contributed by atoms with E-state index in [0.29, 0.717) is 12.3 Å². The molecule has 0 aromatic heterocycles. The molecule has 0 aliphatic rings. The Balaban J connectivity index is 1.96. The lowest BCUT2D eigenvalue weighted by Gasteiger charge is -2.33. The predicted octanol–water partition coefficient (Wildman–Crippen LogP) is 4.78. The SMILES string of the molecule is C=CCN(C(=N)NC(=O)c1ccccc1F)C(c1ccccc1)c1ccc(OC)cc1. The molecule has 0 saturated heterocycles. The maximum absolute atomic E-state index is 14.0. The standard InChI is InChI=1S/C25H24FN3O2/c1-3-17-29(25(27)28-24(30)21-11-7-8-12-22(21)26)23(18-9-5-4-6-10-18)19-13-15-20(31-2)16-14-19/h3-16,23H,1,17H2,2H3,(H2,27,28,30). The number of guanidine groups is 1. The lowest BCUT2D eigenvalue weighted by Crippen LogP contribution is -2.45. The second kappa shape index (κ2) is 10.2. The van der Waals surface area contributed by atoms with Gasteiger partial charge in [0.1, 0.15) is 11.6 Å². The summed E-state index contributed by atoms with van der Waals surface area (Å²) in [4.78, 5) is 14.3. The van der Waals surface area contributed by atoms with E-state index in [4.69, 9.17) is 10.1 Å². The van der Waals surface area contributed by atoms with Crippen molar-refractivity contribution in [3.05, 3.63) is 114 Å². The van der Waals surface area contributed by atoms with Crippen LogP contribution in [0.3, 0.4) is 0 Å². The first-order valence-electron chi connectivity index (χ1n) is 9.76. The van der Waals surface area contributed by atoms with Crippen molar-refractivity contribution >= 4 is 11.9 Å². The van der Waals surface area contributed by atoms with Gasteiger partial charge in [0, 0.05) is 6.54 Å². The molecule has 0 bridgehead atoms. The van der Waals surface area contributed by atoms with Crippen LogP contribution in [0.1, 0.15) is 27.5 Å². The van der Waals surface area contributed by atoms with Gasteiger partial charge in [-0.2, -0.15) is 0 Å². The number of ether oxygens (including phenoxy) is 1. The maximum atomic E-state index is 14.0. The van der Waals surface area contributed by atoms with E-state index in [0.717, 1.165) is 11.1 Å². The Labute approximate surface area is 181 Å². The van der Waals surface area contributed by atoms with E-state index < -0.39 is 11.7 Å². The first-order valence-corrected chi connectivity index (χ1v) is 9.76. The lowest BCUT2D eigenvalue weighted by molar-refractivity contribution is 0.0967. The molecule has 2 N–H and O–H groups in total. The van der Waals surface area contributed by atoms with Gasteiger partial charge in [0.15, 0.2) is 5.96 Å². The Bertz CT molecular complexity index is 1050. The van der Waals surface area contributed by atoms with Crippen LogP contribution in [0.25, 0.3) is 0 Å². The van der Waals surface area contributed by atoms with Gasteiger partial charge < -0.3 is 9.64 Å². The molecule has 3 rings (SSSR count). The van der Waals surface area contributed by atoms with Crippen LogP contribution in [-0.2, 0) is 0 Å². The first kappa shape index (κ1) is 21.8. The number of carbonyl (C=O) groups excluding carboxylic acids is 1. The minimum absolute atomic E-state index is 0.119. The second-order valence-corrected chi connectivity index (χ2v) is 6.81. The number of hydrogen-bond acceptors (Lipinski definition) is 3. The summed E-state index contributed by atoms with van der Waals surface area (Å²) in [5, 5.41) is 11.1. The van der Waals surface area contributed by atoms with Crippen LogP contribution in [0.15, 0.2) is 91.5 Å². The number of carbonyl (C=O) groups is 1. The number of nitrogens with one attached hydrogen (secondary N) is 2. The van der Waals surface area contributed by atoms with Crippen molar-refractivity contribution in [1.29, 1.82) is 5.41 Å². The van der Waals surface area contributed by atoms with E-state index in [9.17, 15) is 9.18 Å². The van der Waals surface area contributed by atoms with Crippen molar-refractivity contribution in [2.24, 2.45) is 0 Å². The van der Waals surface area contributed by atoms with Crippen LogP contribution in [0.2, 0.25) is 0 Å². The van der Waals surface area contributed by atoms with Crippen molar-refractivity contribution in [3.63, 3.8) is 0 Å². The van der Waals surface area contributed by atoms with Gasteiger partial charge >= 0.3 is 0 Å². The summed E-state index contributed by atoms with van der Waals surface area (Å²) >= 11 is 0. The van der Waals surface area contributed by atoms with E-state index >= 15 is 0 Å². The fraction of sp³-hybridized carbons (Fsp3) is 0.120. The number of rotatable bonds is 7. The molecule has 0 aliphatic heterocycles. The van der Waals surface area contributed by atoms with E-state index in [1.54, 1.807) is 24.2 Å². The summed E-state index contributed by atoms with van der Waals surface area (Å²) in [7, 11) is 1.60. The van der Waals surface area contributed by atoms with E-state index in [2.05, 4.69) is 11.9 Å². The van der Waals surface area contributed by atoms with E-state index in [-0.39, 0.29) is 17.6 Å². The number of amides is 1. The molecule has 31 heavy (non-hydrogen) atoms. The van der Waals surface area contributed by atoms with Crippen LogP contribution < -0.4 is 10.1 Å². The smallest absolute Gasteiger partial charge is 0.260 e. The Morgan fingerprint density at radius 1 is 1.06 bits per heavy atom. The Morgan fingerprint density at radius 3 is 2.29 bits per heavy atom. The van der Waals surface area contributed by atoms with E-state index in [1.165, 1.54) is 18.2 Å². The number of hydrogen-bond donors (Lipinski definition) is 2. The lowest BCUT2D eigenvalue weighted by atomic mass is 9.97. The highest BCUT2D eigenvalue weighted by molar-refractivity contribution is 6.05. The quantitative estimate of drug-likeness (QED) is 0.330. The zero-order valence-electron chi connectivity index (χ0n) is 17.2. The number of methoxy groups -OCH3 is 1. The molecule has 0 heterocycles. The van der Waals surface area contributed by atoms with Gasteiger partial charge in [0.05, 0.1) is 18.7 Å². The summed E-state index contributed by atoms with van der Waals surface area (Å²) in [6.07, 6.45) is 1.66. The minimum Gasteiger partial charge on any atom is -0.497 e. The summed E-state index contributed by atoms with van der Waals surface area (Å²) in [6, 6.07) is 22.5. The molecule has 1 atom stereocenters. The number of halogens is 1. The van der Waals surface area contributed by atoms with Crippen molar-refractivity contribution in [2.75, 3.05) is 13.7 Å². The van der Waals surface area contributed by atoms with E-state index in [1.807, 2.05) is 54.6 Å². The molecule has 3 aromatic carbocycles. The summed E-state index contributed by atoms with van der Waals surface area (Å²) < 4.78 is 19.3. The molecule has 0 saturated carbocycles. The maximum Gasteiger partial charge on any atom is 0.260 e. The molecular formula is C25H24FN3O2. The molecule has 5 nitrogen and oxygen atoms in total. The topological polar surface area (TPSA) is 65.4 Å². The molecule has 1 amide bonds. The van der Waals surface area contributed by atoms with Crippen molar-refractivity contribution in [2.45, 2.75) is 6.04 Å². The number of nitrogens with zero attached hydrogens (tertiary/aromatic N) is 1. The first-order chi connectivity index (χ1) is 15.0. The third kappa shape index (κ3) is 5.17. The van der Waals surface area contributed by atoms with Crippen LogP contribution in [0, 0.1) is 11.2 Å². The van der Waals surface area contributed by atoms with Gasteiger partial charge in [0.2, 0.25) is 0 Å². The fourth-order valence-electron chi connectivity index (χ4n) is 3.33. The Kier molecular flexibility index (Phi) is 7.17. The highest BCUT2D eigenvalue weighted by Gasteiger charge is 2.26. The molecule has 3 aromatic rings. The molecule has 0 aliphatic carbocycles. The highest BCUT2D eigenvalue weighted by Crippen LogP contribution is 2.30. The van der Waals surface area contributed by atoms with Crippen LogP contribution in [0.5, 0.6) is 5.75 Å². The van der Waals surface area contributed by atoms with Gasteiger partial charge in [-0.15, -0.1) is 6.58 Å². The van der Waals surface area contributed by atoms with Crippen molar-refractivity contribution in [1.82, 2.24) is 10.2 Å². The van der Waals surface area contributed by atoms with Crippen LogP contribution >= 0.6 is 0 Å². The average Bonchev–Trinajstić information content (AvgIpc) is 2.80. The predicted molar refractivity (Wildman–Crippen MR) is 120 cm³/mol. The minimum atomic E-state index is -0.682. The third-order valence-corrected chi connectivity index (χ3v) is 4.82. The molecule has 1 unspecified atom stereocenters. The van der Waals surface area contributed by atoms with Gasteiger partial charge in [-0.3, -0.25) is 15.5 Å². The Hall–Kier alpha value is -3.93. The number of benzene rings is 3. The van der Waals surface area contributed by atoms with Crippen LogP contribution in [-0.4, -0.2) is 30.4 Å². The summed E-state index contributed by atoms with van der Waals surface area (Å²) in [5.74, 6) is -0.761. The summed E-state index contributed by atoms with van der Waals surface area (Å²) in [6.45, 7) is 4.09. The molecule has 6 heteroatoms. The second-order valence-electron chi connectivity index (χ2n) is 6.81. The fourth-order valence-corrected chi connectivity index (χ4v) is 3.33. The molecule has 0 fully saturated rings. The van der Waals surface area contributed by atoms with Gasteiger partial charge in [-0.25, -0.2) is 4.39 Å². The van der Waals surface area contributed by atoms with Gasteiger partial charge in [-0.1, -0.05) is 60.7 Å². The normalized spacial score (nSPS) is 11.3. The monoisotopic (exact) mass is 417 g/mol. The molecular weight excluding hydrogens is 393 g/mol. The van der Waals surface area contributed by atoms with Gasteiger partial charge in [-0.05, 0) is 35.4 Å². The zero-order chi connectivity index (χ0) is 22.2. The molecule has 158 valence electrons. The Morgan fingerprint density at radius 2 is 1.68 bits per heavy atom. The van der Waals surface area contributed by atoms with Gasteiger partial charge in [0.25, 0.3) is 5.91 Å². The molecule has 0 spiro atoms.